The maximum absolute atomic E-state index is 5.29. The predicted molar refractivity (Wildman–Crippen MR) is 87.3 cm³/mol. The van der Waals surface area contributed by atoms with Crippen molar-refractivity contribution in [1.82, 2.24) is 15.3 Å². The van der Waals surface area contributed by atoms with Gasteiger partial charge in [-0.25, -0.2) is 4.98 Å². The van der Waals surface area contributed by atoms with Crippen molar-refractivity contribution in [2.75, 3.05) is 23.3 Å². The van der Waals surface area contributed by atoms with Gasteiger partial charge in [-0.3, -0.25) is 0 Å². The summed E-state index contributed by atoms with van der Waals surface area (Å²) in [5, 5.41) is 6.83. The number of rotatable bonds is 2. The van der Waals surface area contributed by atoms with Crippen LogP contribution in [0.25, 0.3) is 0 Å². The summed E-state index contributed by atoms with van der Waals surface area (Å²) in [6.07, 6.45) is 2.46. The van der Waals surface area contributed by atoms with Crippen LogP contribution < -0.4 is 15.5 Å². The smallest absolute Gasteiger partial charge is 0.231 e. The molecule has 0 aliphatic carbocycles. The van der Waals surface area contributed by atoms with Gasteiger partial charge in [0, 0.05) is 30.4 Å². The Bertz CT molecular complexity index is 489. The topological polar surface area (TPSA) is 53.1 Å². The summed E-state index contributed by atoms with van der Waals surface area (Å²) in [5.41, 5.74) is 0.869. The van der Waals surface area contributed by atoms with Gasteiger partial charge in [-0.1, -0.05) is 0 Å². The molecule has 0 saturated carbocycles. The number of anilines is 2. The molecule has 0 spiro atoms. The van der Waals surface area contributed by atoms with Gasteiger partial charge in [0.05, 0.1) is 0 Å². The van der Waals surface area contributed by atoms with Gasteiger partial charge in [-0.05, 0) is 52.8 Å². The van der Waals surface area contributed by atoms with Crippen LogP contribution in [0, 0.1) is 6.92 Å². The van der Waals surface area contributed by atoms with Crippen molar-refractivity contribution in [2.45, 2.75) is 46.1 Å². The second-order valence-corrected chi connectivity index (χ2v) is 6.62. The van der Waals surface area contributed by atoms with Gasteiger partial charge in [-0.15, -0.1) is 0 Å². The predicted octanol–water partition coefficient (Wildman–Crippen LogP) is 2.47. The summed E-state index contributed by atoms with van der Waals surface area (Å²) in [5.74, 6) is 1.55. The highest BCUT2D eigenvalue weighted by Gasteiger charge is 2.16. The van der Waals surface area contributed by atoms with Crippen LogP contribution in [0.4, 0.5) is 11.8 Å². The average molecular weight is 293 g/mol. The van der Waals surface area contributed by atoms with Crippen molar-refractivity contribution in [3.05, 3.63) is 11.8 Å². The number of aryl methyl sites for hydroxylation is 1. The molecule has 2 N–H and O–H groups in total. The lowest BCUT2D eigenvalue weighted by molar-refractivity contribution is 0.514. The summed E-state index contributed by atoms with van der Waals surface area (Å²) < 4.78 is 0. The van der Waals surface area contributed by atoms with Crippen molar-refractivity contribution < 1.29 is 0 Å². The lowest BCUT2D eigenvalue weighted by atomic mass is 10.1. The van der Waals surface area contributed by atoms with Gasteiger partial charge >= 0.3 is 0 Å². The van der Waals surface area contributed by atoms with E-state index in [1.807, 2.05) is 13.0 Å². The van der Waals surface area contributed by atoms with Crippen LogP contribution >= 0.6 is 12.2 Å². The number of nitrogens with zero attached hydrogens (tertiary/aromatic N) is 3. The van der Waals surface area contributed by atoms with Crippen LogP contribution in [0.2, 0.25) is 0 Å². The molecule has 1 saturated heterocycles. The fourth-order valence-corrected chi connectivity index (χ4v) is 2.59. The Morgan fingerprint density at radius 2 is 1.90 bits per heavy atom. The molecule has 1 fully saturated rings. The van der Waals surface area contributed by atoms with E-state index in [9.17, 15) is 0 Å². The lowest BCUT2D eigenvalue weighted by Gasteiger charge is -2.23. The zero-order chi connectivity index (χ0) is 14.8. The number of hydrogen-bond acceptors (Lipinski definition) is 4. The molecule has 0 amide bonds. The van der Waals surface area contributed by atoms with E-state index in [1.54, 1.807) is 0 Å². The van der Waals surface area contributed by atoms with E-state index < -0.39 is 0 Å². The second kappa shape index (κ2) is 5.91. The Morgan fingerprint density at radius 3 is 2.50 bits per heavy atom. The van der Waals surface area contributed by atoms with Crippen molar-refractivity contribution in [2.24, 2.45) is 0 Å². The van der Waals surface area contributed by atoms with Gasteiger partial charge in [-0.2, -0.15) is 4.98 Å². The molecule has 20 heavy (non-hydrogen) atoms. The minimum atomic E-state index is -0.0777. The maximum Gasteiger partial charge on any atom is 0.231 e. The second-order valence-electron chi connectivity index (χ2n) is 6.21. The molecule has 1 aliphatic rings. The quantitative estimate of drug-likeness (QED) is 0.817. The largest absolute Gasteiger partial charge is 0.358 e. The van der Waals surface area contributed by atoms with E-state index in [2.05, 4.69) is 46.3 Å². The van der Waals surface area contributed by atoms with Crippen LogP contribution in [0.1, 0.15) is 39.3 Å². The molecule has 1 aromatic rings. The number of thiocarbonyl (C=S) groups is 1. The summed E-state index contributed by atoms with van der Waals surface area (Å²) in [6, 6.07) is 2.02. The first-order chi connectivity index (χ1) is 9.33. The van der Waals surface area contributed by atoms with Crippen LogP contribution in [0.15, 0.2) is 6.07 Å². The van der Waals surface area contributed by atoms with E-state index >= 15 is 0 Å². The molecule has 5 nitrogen and oxygen atoms in total. The summed E-state index contributed by atoms with van der Waals surface area (Å²) in [6.45, 7) is 10.3. The van der Waals surface area contributed by atoms with E-state index in [0.717, 1.165) is 24.6 Å². The molecule has 1 aliphatic heterocycles. The highest BCUT2D eigenvalue weighted by Crippen LogP contribution is 2.19. The molecular formula is C14H23N5S. The molecule has 1 aromatic heterocycles. The van der Waals surface area contributed by atoms with Crippen LogP contribution in [-0.4, -0.2) is 33.7 Å². The highest BCUT2D eigenvalue weighted by atomic mass is 32.1. The lowest BCUT2D eigenvalue weighted by Crippen LogP contribution is -2.43. The van der Waals surface area contributed by atoms with Gasteiger partial charge < -0.3 is 15.5 Å². The SMILES string of the molecule is Cc1cc(N2CCCC2)nc(NC(=S)NC(C)(C)C)n1. The van der Waals surface area contributed by atoms with Crippen molar-refractivity contribution in [3.8, 4) is 0 Å². The molecule has 6 heteroatoms. The first-order valence-electron chi connectivity index (χ1n) is 7.03. The van der Waals surface area contributed by atoms with Crippen molar-refractivity contribution in [3.63, 3.8) is 0 Å². The van der Waals surface area contributed by atoms with E-state index in [4.69, 9.17) is 12.2 Å². The first kappa shape index (κ1) is 15.0. The minimum absolute atomic E-state index is 0.0777. The zero-order valence-corrected chi connectivity index (χ0v) is 13.5. The Balaban J connectivity index is 2.09. The molecule has 0 aromatic carbocycles. The fraction of sp³-hybridized carbons (Fsp3) is 0.643. The Hall–Kier alpha value is -1.43. The third kappa shape index (κ3) is 4.30. The van der Waals surface area contributed by atoms with Crippen LogP contribution in [0.3, 0.4) is 0 Å². The number of hydrogen-bond donors (Lipinski definition) is 2. The van der Waals surface area contributed by atoms with E-state index in [1.165, 1.54) is 12.8 Å². The third-order valence-electron chi connectivity index (χ3n) is 2.98. The monoisotopic (exact) mass is 293 g/mol. The van der Waals surface area contributed by atoms with Crippen molar-refractivity contribution in [1.29, 1.82) is 0 Å². The van der Waals surface area contributed by atoms with Gasteiger partial charge in [0.25, 0.3) is 0 Å². The van der Waals surface area contributed by atoms with Gasteiger partial charge in [0.2, 0.25) is 5.95 Å². The van der Waals surface area contributed by atoms with Crippen LogP contribution in [-0.2, 0) is 0 Å². The molecule has 0 atom stereocenters. The molecule has 110 valence electrons. The fourth-order valence-electron chi connectivity index (χ4n) is 2.19. The average Bonchev–Trinajstić information content (AvgIpc) is 2.78. The summed E-state index contributed by atoms with van der Waals surface area (Å²) in [7, 11) is 0. The Kier molecular flexibility index (Phi) is 4.42. The molecule has 2 rings (SSSR count). The third-order valence-corrected chi connectivity index (χ3v) is 3.19. The standard InChI is InChI=1S/C14H23N5S/c1-10-9-11(19-7-5-6-8-19)16-12(15-10)17-13(20)18-14(2,3)4/h9H,5-8H2,1-4H3,(H2,15,16,17,18,20). The van der Waals surface area contributed by atoms with Gasteiger partial charge in [0.1, 0.15) is 5.82 Å². The minimum Gasteiger partial charge on any atom is -0.358 e. The van der Waals surface area contributed by atoms with Crippen molar-refractivity contribution >= 4 is 29.1 Å². The van der Waals surface area contributed by atoms with Crippen LogP contribution in [0.5, 0.6) is 0 Å². The highest BCUT2D eigenvalue weighted by molar-refractivity contribution is 7.80. The van der Waals surface area contributed by atoms with E-state index in [0.29, 0.717) is 11.1 Å². The summed E-state index contributed by atoms with van der Waals surface area (Å²) in [4.78, 5) is 11.3. The number of nitrogens with one attached hydrogen (secondary N) is 2. The summed E-state index contributed by atoms with van der Waals surface area (Å²) >= 11 is 5.29. The molecule has 2 heterocycles. The maximum atomic E-state index is 5.29. The molecular weight excluding hydrogens is 270 g/mol. The molecule has 0 bridgehead atoms. The normalized spacial score (nSPS) is 15.3. The Morgan fingerprint density at radius 1 is 1.25 bits per heavy atom. The first-order valence-corrected chi connectivity index (χ1v) is 7.44. The molecule has 0 radical (unpaired) electrons. The molecule has 0 unspecified atom stereocenters. The Labute approximate surface area is 126 Å². The zero-order valence-electron chi connectivity index (χ0n) is 12.7. The van der Waals surface area contributed by atoms with E-state index in [-0.39, 0.29) is 5.54 Å². The number of aromatic nitrogens is 2. The van der Waals surface area contributed by atoms with Gasteiger partial charge in [0.15, 0.2) is 5.11 Å².